The summed E-state index contributed by atoms with van der Waals surface area (Å²) in [5, 5.41) is 7.29. The van der Waals surface area contributed by atoms with E-state index in [1.165, 1.54) is 11.3 Å². The molecule has 1 aromatic heterocycles. The lowest BCUT2D eigenvalue weighted by Crippen LogP contribution is -2.19. The van der Waals surface area contributed by atoms with Gasteiger partial charge in [-0.15, -0.1) is 5.10 Å². The van der Waals surface area contributed by atoms with E-state index < -0.39 is 0 Å². The van der Waals surface area contributed by atoms with E-state index in [2.05, 4.69) is 57.8 Å². The molecule has 2 heterocycles. The Labute approximate surface area is 111 Å². The van der Waals surface area contributed by atoms with Crippen molar-refractivity contribution >= 4 is 23.9 Å². The number of hydrogen-bond acceptors (Lipinski definition) is 3. The third-order valence-corrected chi connectivity index (χ3v) is 3.62. The van der Waals surface area contributed by atoms with E-state index >= 15 is 0 Å². The first-order chi connectivity index (χ1) is 8.68. The molecule has 18 heavy (non-hydrogen) atoms. The second-order valence-electron chi connectivity index (χ2n) is 4.82. The highest BCUT2D eigenvalue weighted by Crippen LogP contribution is 2.34. The van der Waals surface area contributed by atoms with Gasteiger partial charge in [0.05, 0.1) is 0 Å². The summed E-state index contributed by atoms with van der Waals surface area (Å²) in [6.07, 6.45) is 1.06. The van der Waals surface area contributed by atoms with Crippen molar-refractivity contribution in [3.63, 3.8) is 0 Å². The van der Waals surface area contributed by atoms with Gasteiger partial charge < -0.3 is 4.90 Å². The highest BCUT2D eigenvalue weighted by atomic mass is 32.1. The van der Waals surface area contributed by atoms with Crippen LogP contribution in [0.3, 0.4) is 0 Å². The van der Waals surface area contributed by atoms with Gasteiger partial charge in [0.2, 0.25) is 5.95 Å². The minimum atomic E-state index is 0.305. The summed E-state index contributed by atoms with van der Waals surface area (Å²) in [5.74, 6) is 0.917. The average molecular weight is 260 g/mol. The fourth-order valence-electron chi connectivity index (χ4n) is 2.50. The van der Waals surface area contributed by atoms with Gasteiger partial charge in [0.25, 0.3) is 0 Å². The van der Waals surface area contributed by atoms with Gasteiger partial charge in [0.15, 0.2) is 4.77 Å². The second-order valence-corrected chi connectivity index (χ2v) is 5.21. The van der Waals surface area contributed by atoms with Crippen LogP contribution in [0.4, 0.5) is 11.6 Å². The Morgan fingerprint density at radius 2 is 2.11 bits per heavy atom. The fourth-order valence-corrected chi connectivity index (χ4v) is 2.84. The largest absolute Gasteiger partial charge is 0.310 e. The van der Waals surface area contributed by atoms with Crippen LogP contribution < -0.4 is 4.90 Å². The average Bonchev–Trinajstić information content (AvgIpc) is 2.92. The van der Waals surface area contributed by atoms with Gasteiger partial charge in [-0.05, 0) is 44.1 Å². The van der Waals surface area contributed by atoms with E-state index in [1.54, 1.807) is 0 Å². The summed E-state index contributed by atoms with van der Waals surface area (Å²) >= 11 is 5.30. The first-order valence-corrected chi connectivity index (χ1v) is 6.61. The second kappa shape index (κ2) is 4.24. The predicted molar refractivity (Wildman–Crippen MR) is 74.9 cm³/mol. The molecule has 0 radical (unpaired) electrons. The molecule has 0 atom stereocenters. The molecule has 1 aliphatic rings. The number of rotatable bonds is 2. The van der Waals surface area contributed by atoms with Crippen molar-refractivity contribution in [3.05, 3.63) is 34.6 Å². The molecule has 1 aliphatic heterocycles. The van der Waals surface area contributed by atoms with E-state index in [1.807, 2.05) is 0 Å². The number of aromatic nitrogens is 3. The summed E-state index contributed by atoms with van der Waals surface area (Å²) in [7, 11) is 0. The molecule has 0 spiro atoms. The zero-order valence-corrected chi connectivity index (χ0v) is 11.4. The van der Waals surface area contributed by atoms with Gasteiger partial charge in [-0.25, -0.2) is 5.10 Å². The molecule has 1 aromatic carbocycles. The first kappa shape index (κ1) is 11.5. The summed E-state index contributed by atoms with van der Waals surface area (Å²) in [4.78, 5) is 2.24. The maximum absolute atomic E-state index is 5.30. The number of benzene rings is 1. The smallest absolute Gasteiger partial charge is 0.230 e. The third-order valence-electron chi connectivity index (χ3n) is 3.33. The number of H-pyrrole nitrogens is 1. The van der Waals surface area contributed by atoms with Crippen LogP contribution in [-0.4, -0.2) is 21.3 Å². The van der Waals surface area contributed by atoms with Crippen molar-refractivity contribution in [2.45, 2.75) is 26.3 Å². The summed E-state index contributed by atoms with van der Waals surface area (Å²) < 4.78 is 2.75. The molecule has 0 fully saturated rings. The number of fused-ring (bicyclic) bond motifs is 1. The normalized spacial score (nSPS) is 14.3. The quantitative estimate of drug-likeness (QED) is 0.842. The van der Waals surface area contributed by atoms with E-state index in [0.29, 0.717) is 10.8 Å². The van der Waals surface area contributed by atoms with E-state index in [9.17, 15) is 0 Å². The molecule has 0 saturated heterocycles. The number of aromatic amines is 1. The molecule has 0 unspecified atom stereocenters. The van der Waals surface area contributed by atoms with Gasteiger partial charge in [-0.1, -0.05) is 18.2 Å². The van der Waals surface area contributed by atoms with Crippen LogP contribution in [0.2, 0.25) is 0 Å². The van der Waals surface area contributed by atoms with Crippen molar-refractivity contribution in [2.24, 2.45) is 0 Å². The lowest BCUT2D eigenvalue weighted by molar-refractivity contribution is 0.589. The molecule has 0 bridgehead atoms. The molecular formula is C13H16N4S. The molecule has 2 aromatic rings. The molecule has 0 saturated carbocycles. The highest BCUT2D eigenvalue weighted by molar-refractivity contribution is 7.71. The molecular weight excluding hydrogens is 244 g/mol. The molecule has 94 valence electrons. The van der Waals surface area contributed by atoms with Gasteiger partial charge in [0.1, 0.15) is 0 Å². The monoisotopic (exact) mass is 260 g/mol. The van der Waals surface area contributed by atoms with Crippen molar-refractivity contribution < 1.29 is 0 Å². The number of nitrogens with one attached hydrogen (secondary N) is 1. The van der Waals surface area contributed by atoms with E-state index in [0.717, 1.165) is 18.9 Å². The van der Waals surface area contributed by atoms with Crippen LogP contribution in [0.1, 0.15) is 25.5 Å². The van der Waals surface area contributed by atoms with Crippen LogP contribution in [0, 0.1) is 4.77 Å². The van der Waals surface area contributed by atoms with E-state index in [4.69, 9.17) is 12.2 Å². The predicted octanol–water partition coefficient (Wildman–Crippen LogP) is 3.22. The van der Waals surface area contributed by atoms with Crippen molar-refractivity contribution in [1.82, 2.24) is 14.8 Å². The Morgan fingerprint density at radius 3 is 2.89 bits per heavy atom. The number of nitrogens with zero attached hydrogens (tertiary/aromatic N) is 3. The zero-order chi connectivity index (χ0) is 12.7. The molecule has 1 N–H and O–H groups in total. The summed E-state index contributed by atoms with van der Waals surface area (Å²) in [5.41, 5.74) is 2.62. The van der Waals surface area contributed by atoms with Crippen molar-refractivity contribution in [1.29, 1.82) is 0 Å². The number of para-hydroxylation sites is 1. The van der Waals surface area contributed by atoms with Crippen LogP contribution in [-0.2, 0) is 6.42 Å². The first-order valence-electron chi connectivity index (χ1n) is 6.21. The number of anilines is 2. The topological polar surface area (TPSA) is 36.9 Å². The lowest BCUT2D eigenvalue weighted by atomic mass is 10.2. The van der Waals surface area contributed by atoms with Gasteiger partial charge in [-0.2, -0.15) is 0 Å². The standard InChI is InChI=1S/C13H16N4S/c1-9(2)17-12(14-15-13(17)18)16-8-7-10-5-3-4-6-11(10)16/h3-6,9H,7-8H2,1-2H3,(H,15,18). The Hall–Kier alpha value is -1.62. The minimum Gasteiger partial charge on any atom is -0.310 e. The summed E-state index contributed by atoms with van der Waals surface area (Å²) in [6.45, 7) is 5.21. The molecule has 0 amide bonds. The zero-order valence-electron chi connectivity index (χ0n) is 10.6. The maximum atomic E-state index is 5.30. The third kappa shape index (κ3) is 1.66. The Balaban J connectivity index is 2.11. The van der Waals surface area contributed by atoms with Crippen LogP contribution in [0.15, 0.2) is 24.3 Å². The molecule has 4 nitrogen and oxygen atoms in total. The maximum Gasteiger partial charge on any atom is 0.230 e. The molecule has 3 rings (SSSR count). The Kier molecular flexibility index (Phi) is 2.70. The molecule has 5 heteroatoms. The van der Waals surface area contributed by atoms with Crippen molar-refractivity contribution in [3.8, 4) is 0 Å². The van der Waals surface area contributed by atoms with Crippen LogP contribution >= 0.6 is 12.2 Å². The Bertz CT molecular complexity index is 626. The summed E-state index contributed by atoms with van der Waals surface area (Å²) in [6, 6.07) is 8.78. The van der Waals surface area contributed by atoms with Crippen LogP contribution in [0.5, 0.6) is 0 Å². The van der Waals surface area contributed by atoms with Gasteiger partial charge in [-0.3, -0.25) is 4.57 Å². The van der Waals surface area contributed by atoms with E-state index in [-0.39, 0.29) is 0 Å². The van der Waals surface area contributed by atoms with Gasteiger partial charge >= 0.3 is 0 Å². The lowest BCUT2D eigenvalue weighted by Gasteiger charge is -2.20. The molecule has 0 aliphatic carbocycles. The SMILES string of the molecule is CC(C)n1c(N2CCc3ccccc32)n[nH]c1=S. The minimum absolute atomic E-state index is 0.305. The van der Waals surface area contributed by atoms with Crippen molar-refractivity contribution in [2.75, 3.05) is 11.4 Å². The van der Waals surface area contributed by atoms with Gasteiger partial charge in [0, 0.05) is 18.3 Å². The highest BCUT2D eigenvalue weighted by Gasteiger charge is 2.24. The Morgan fingerprint density at radius 1 is 1.33 bits per heavy atom. The number of hydrogen-bond donors (Lipinski definition) is 1. The fraction of sp³-hybridized carbons (Fsp3) is 0.385. The van der Waals surface area contributed by atoms with Crippen LogP contribution in [0.25, 0.3) is 0 Å².